The molecule has 0 aliphatic rings. The number of nitrogens with zero attached hydrogens (tertiary/aromatic N) is 2. The maximum absolute atomic E-state index is 12.2. The summed E-state index contributed by atoms with van der Waals surface area (Å²) in [6, 6.07) is 14.7. The fourth-order valence-corrected chi connectivity index (χ4v) is 1.83. The van der Waals surface area contributed by atoms with Crippen molar-refractivity contribution in [3.05, 3.63) is 72.2 Å². The topological polar surface area (TPSA) is 42.9 Å². The summed E-state index contributed by atoms with van der Waals surface area (Å²) < 4.78 is 0. The van der Waals surface area contributed by atoms with E-state index >= 15 is 0 Å². The molecule has 0 aliphatic carbocycles. The van der Waals surface area contributed by atoms with Crippen molar-refractivity contribution in [2.45, 2.75) is 0 Å². The first-order valence-corrected chi connectivity index (χ1v) is 5.65. The lowest BCUT2D eigenvalue weighted by Gasteiger charge is -2.02. The lowest BCUT2D eigenvalue weighted by molar-refractivity contribution is 0.103. The van der Waals surface area contributed by atoms with E-state index < -0.39 is 0 Å². The van der Waals surface area contributed by atoms with Crippen molar-refractivity contribution in [1.29, 1.82) is 0 Å². The van der Waals surface area contributed by atoms with Gasteiger partial charge in [0.05, 0.1) is 11.7 Å². The second kappa shape index (κ2) is 4.37. The normalized spacial score (nSPS) is 10.4. The Kier molecular flexibility index (Phi) is 2.57. The molecule has 0 N–H and O–H groups in total. The standard InChI is InChI=1S/C15H10N2O/c18-15(12-4-2-1-3-5-12)13-7-6-11-8-9-16-10-14(11)17-13/h1-10H. The molecular formula is C15H10N2O. The molecule has 0 radical (unpaired) electrons. The number of ketones is 1. The van der Waals surface area contributed by atoms with Gasteiger partial charge in [0.15, 0.2) is 0 Å². The van der Waals surface area contributed by atoms with Crippen LogP contribution >= 0.6 is 0 Å². The zero-order valence-electron chi connectivity index (χ0n) is 9.58. The molecule has 0 fully saturated rings. The Labute approximate surface area is 104 Å². The second-order valence-corrected chi connectivity index (χ2v) is 3.96. The van der Waals surface area contributed by atoms with Crippen LogP contribution in [0.1, 0.15) is 16.1 Å². The minimum absolute atomic E-state index is 0.0682. The summed E-state index contributed by atoms with van der Waals surface area (Å²) in [5, 5.41) is 0.981. The van der Waals surface area contributed by atoms with Crippen LogP contribution in [0.2, 0.25) is 0 Å². The van der Waals surface area contributed by atoms with Crippen LogP contribution in [0.25, 0.3) is 10.9 Å². The predicted molar refractivity (Wildman–Crippen MR) is 69.4 cm³/mol. The molecular weight excluding hydrogens is 224 g/mol. The lowest BCUT2D eigenvalue weighted by atomic mass is 10.1. The molecule has 2 aromatic heterocycles. The number of fused-ring (bicyclic) bond motifs is 1. The third-order valence-electron chi connectivity index (χ3n) is 2.76. The first-order chi connectivity index (χ1) is 8.84. The van der Waals surface area contributed by atoms with Gasteiger partial charge >= 0.3 is 0 Å². The van der Waals surface area contributed by atoms with Gasteiger partial charge in [-0.1, -0.05) is 36.4 Å². The van der Waals surface area contributed by atoms with Crippen molar-refractivity contribution < 1.29 is 4.79 Å². The van der Waals surface area contributed by atoms with E-state index in [0.29, 0.717) is 11.3 Å². The molecule has 3 heteroatoms. The van der Waals surface area contributed by atoms with E-state index in [0.717, 1.165) is 10.9 Å². The first kappa shape index (κ1) is 10.6. The molecule has 86 valence electrons. The van der Waals surface area contributed by atoms with Gasteiger partial charge in [-0.25, -0.2) is 4.98 Å². The van der Waals surface area contributed by atoms with Crippen molar-refractivity contribution in [3.8, 4) is 0 Å². The van der Waals surface area contributed by atoms with Gasteiger partial charge in [0.2, 0.25) is 5.78 Å². The van der Waals surface area contributed by atoms with E-state index in [4.69, 9.17) is 0 Å². The number of hydrogen-bond donors (Lipinski definition) is 0. The highest BCUT2D eigenvalue weighted by atomic mass is 16.1. The number of aromatic nitrogens is 2. The second-order valence-electron chi connectivity index (χ2n) is 3.96. The highest BCUT2D eigenvalue weighted by Gasteiger charge is 2.10. The van der Waals surface area contributed by atoms with Crippen LogP contribution in [0.4, 0.5) is 0 Å². The van der Waals surface area contributed by atoms with Crippen LogP contribution in [0.5, 0.6) is 0 Å². The third kappa shape index (κ3) is 1.86. The first-order valence-electron chi connectivity index (χ1n) is 5.65. The van der Waals surface area contributed by atoms with Gasteiger partial charge in [-0.15, -0.1) is 0 Å². The van der Waals surface area contributed by atoms with Gasteiger partial charge in [0.1, 0.15) is 5.69 Å². The number of carbonyl (C=O) groups excluding carboxylic acids is 1. The predicted octanol–water partition coefficient (Wildman–Crippen LogP) is 2.86. The van der Waals surface area contributed by atoms with Crippen LogP contribution in [0.15, 0.2) is 60.9 Å². The summed E-state index contributed by atoms with van der Waals surface area (Å²) in [7, 11) is 0. The Morgan fingerprint density at radius 1 is 0.944 bits per heavy atom. The van der Waals surface area contributed by atoms with E-state index in [1.165, 1.54) is 0 Å². The number of carbonyl (C=O) groups is 1. The minimum atomic E-state index is -0.0682. The molecule has 0 atom stereocenters. The molecule has 0 saturated heterocycles. The number of hydrogen-bond acceptors (Lipinski definition) is 3. The molecule has 0 saturated carbocycles. The van der Waals surface area contributed by atoms with Gasteiger partial charge in [-0.05, 0) is 12.1 Å². The average molecular weight is 234 g/mol. The monoisotopic (exact) mass is 234 g/mol. The Morgan fingerprint density at radius 2 is 1.78 bits per heavy atom. The fourth-order valence-electron chi connectivity index (χ4n) is 1.83. The Morgan fingerprint density at radius 3 is 2.61 bits per heavy atom. The maximum atomic E-state index is 12.2. The molecule has 3 aromatic rings. The number of rotatable bonds is 2. The highest BCUT2D eigenvalue weighted by Crippen LogP contribution is 2.13. The average Bonchev–Trinajstić information content (AvgIpc) is 2.47. The van der Waals surface area contributed by atoms with Gasteiger partial charge in [0, 0.05) is 17.1 Å². The van der Waals surface area contributed by atoms with Gasteiger partial charge in [-0.2, -0.15) is 0 Å². The third-order valence-corrected chi connectivity index (χ3v) is 2.76. The number of pyridine rings is 2. The smallest absolute Gasteiger partial charge is 0.211 e. The van der Waals surface area contributed by atoms with Gasteiger partial charge < -0.3 is 0 Å². The summed E-state index contributed by atoms with van der Waals surface area (Å²) in [5.74, 6) is -0.0682. The minimum Gasteiger partial charge on any atom is -0.287 e. The van der Waals surface area contributed by atoms with E-state index in [1.807, 2.05) is 30.3 Å². The van der Waals surface area contributed by atoms with Gasteiger partial charge in [0.25, 0.3) is 0 Å². The SMILES string of the molecule is O=C(c1ccccc1)c1ccc2ccncc2n1. The summed E-state index contributed by atoms with van der Waals surface area (Å²) in [5.41, 5.74) is 1.83. The van der Waals surface area contributed by atoms with E-state index in [2.05, 4.69) is 9.97 Å². The summed E-state index contributed by atoms with van der Waals surface area (Å²) in [6.07, 6.45) is 3.37. The van der Waals surface area contributed by atoms with Crippen molar-refractivity contribution in [2.75, 3.05) is 0 Å². The van der Waals surface area contributed by atoms with Gasteiger partial charge in [-0.3, -0.25) is 9.78 Å². The van der Waals surface area contributed by atoms with Crippen LogP contribution in [0, 0.1) is 0 Å². The van der Waals surface area contributed by atoms with Crippen LogP contribution in [-0.2, 0) is 0 Å². The van der Waals surface area contributed by atoms with Crippen molar-refractivity contribution in [3.63, 3.8) is 0 Å². The molecule has 3 nitrogen and oxygen atoms in total. The van der Waals surface area contributed by atoms with E-state index in [9.17, 15) is 4.79 Å². The number of benzene rings is 1. The quantitative estimate of drug-likeness (QED) is 0.640. The van der Waals surface area contributed by atoms with Crippen molar-refractivity contribution in [1.82, 2.24) is 9.97 Å². The lowest BCUT2D eigenvalue weighted by Crippen LogP contribution is -2.03. The molecule has 18 heavy (non-hydrogen) atoms. The van der Waals surface area contributed by atoms with Crippen LogP contribution in [0.3, 0.4) is 0 Å². The fraction of sp³-hybridized carbons (Fsp3) is 0. The summed E-state index contributed by atoms with van der Waals surface area (Å²) >= 11 is 0. The zero-order chi connectivity index (χ0) is 12.4. The molecule has 3 rings (SSSR count). The molecule has 0 amide bonds. The van der Waals surface area contributed by atoms with Crippen LogP contribution in [-0.4, -0.2) is 15.8 Å². The molecule has 0 unspecified atom stereocenters. The van der Waals surface area contributed by atoms with Crippen LogP contribution < -0.4 is 0 Å². The summed E-state index contributed by atoms with van der Waals surface area (Å²) in [6.45, 7) is 0. The molecule has 0 bridgehead atoms. The molecule has 0 spiro atoms. The molecule has 2 heterocycles. The zero-order valence-corrected chi connectivity index (χ0v) is 9.58. The van der Waals surface area contributed by atoms with E-state index in [1.54, 1.807) is 30.6 Å². The van der Waals surface area contributed by atoms with E-state index in [-0.39, 0.29) is 5.78 Å². The Hall–Kier alpha value is -2.55. The van der Waals surface area contributed by atoms with Crippen molar-refractivity contribution in [2.24, 2.45) is 0 Å². The summed E-state index contributed by atoms with van der Waals surface area (Å²) in [4.78, 5) is 20.6. The molecule has 0 aliphatic heterocycles. The highest BCUT2D eigenvalue weighted by molar-refractivity contribution is 6.08. The molecule has 1 aromatic carbocycles. The largest absolute Gasteiger partial charge is 0.287 e. The van der Waals surface area contributed by atoms with Crippen molar-refractivity contribution >= 4 is 16.7 Å². The maximum Gasteiger partial charge on any atom is 0.211 e. The Balaban J connectivity index is 2.07. The Bertz CT molecular complexity index is 708.